The van der Waals surface area contributed by atoms with E-state index in [2.05, 4.69) is 11.1 Å². The normalized spacial score (nSPS) is 11.7. The van der Waals surface area contributed by atoms with Gasteiger partial charge in [0.2, 0.25) is 0 Å². The van der Waals surface area contributed by atoms with E-state index in [9.17, 15) is 4.39 Å². The third-order valence-corrected chi connectivity index (χ3v) is 3.13. The van der Waals surface area contributed by atoms with Crippen LogP contribution >= 0.6 is 12.2 Å². The van der Waals surface area contributed by atoms with Crippen molar-refractivity contribution in [3.05, 3.63) is 40.4 Å². The topological polar surface area (TPSA) is 20.7 Å². The van der Waals surface area contributed by atoms with Gasteiger partial charge in [-0.1, -0.05) is 12.2 Å². The first-order valence-corrected chi connectivity index (χ1v) is 6.04. The quantitative estimate of drug-likeness (QED) is 0.642. The van der Waals surface area contributed by atoms with E-state index in [4.69, 9.17) is 12.2 Å². The van der Waals surface area contributed by atoms with Gasteiger partial charge in [-0.2, -0.15) is 0 Å². The van der Waals surface area contributed by atoms with Gasteiger partial charge in [-0.3, -0.25) is 0 Å². The van der Waals surface area contributed by atoms with Crippen molar-refractivity contribution in [2.75, 3.05) is 0 Å². The molecule has 0 saturated carbocycles. The van der Waals surface area contributed by atoms with E-state index in [1.807, 2.05) is 23.6 Å². The summed E-state index contributed by atoms with van der Waals surface area (Å²) < 4.78 is 16.1. The molecule has 0 spiro atoms. The number of H-pyrrole nitrogens is 1. The Kier molecular flexibility index (Phi) is 3.43. The van der Waals surface area contributed by atoms with Crippen LogP contribution in [0.2, 0.25) is 0 Å². The average molecular weight is 250 g/mol. The van der Waals surface area contributed by atoms with Gasteiger partial charge in [0, 0.05) is 6.54 Å². The van der Waals surface area contributed by atoms with Crippen LogP contribution in [0.25, 0.3) is 11.0 Å². The van der Waals surface area contributed by atoms with E-state index in [0.29, 0.717) is 10.3 Å². The van der Waals surface area contributed by atoms with Crippen LogP contribution in [-0.2, 0) is 6.54 Å². The molecule has 0 aliphatic rings. The molecule has 0 saturated heterocycles. The van der Waals surface area contributed by atoms with Crippen LogP contribution < -0.4 is 0 Å². The number of hydrogen-bond donors (Lipinski definition) is 1. The minimum Gasteiger partial charge on any atom is -0.330 e. The van der Waals surface area contributed by atoms with Crippen LogP contribution in [0.4, 0.5) is 4.39 Å². The fraction of sp³-hybridized carbons (Fsp3) is 0.308. The monoisotopic (exact) mass is 250 g/mol. The van der Waals surface area contributed by atoms with Crippen molar-refractivity contribution in [2.24, 2.45) is 0 Å². The number of hydrogen-bond acceptors (Lipinski definition) is 1. The Morgan fingerprint density at radius 2 is 2.24 bits per heavy atom. The number of aromatic amines is 1. The van der Waals surface area contributed by atoms with Crippen LogP contribution in [0.15, 0.2) is 24.3 Å². The molecular weight excluding hydrogens is 235 g/mol. The predicted molar refractivity (Wildman–Crippen MR) is 71.2 cm³/mol. The molecule has 0 fully saturated rings. The minimum atomic E-state index is -0.200. The summed E-state index contributed by atoms with van der Waals surface area (Å²) in [6.45, 7) is 4.57. The van der Waals surface area contributed by atoms with E-state index >= 15 is 0 Å². The molecule has 0 aliphatic carbocycles. The van der Waals surface area contributed by atoms with Crippen LogP contribution in [0.3, 0.4) is 0 Å². The number of imidazole rings is 1. The molecule has 0 radical (unpaired) electrons. The Morgan fingerprint density at radius 1 is 1.47 bits per heavy atom. The number of rotatable bonds is 3. The summed E-state index contributed by atoms with van der Waals surface area (Å²) >= 11 is 5.25. The number of halogens is 1. The standard InChI is InChI=1S/C13H15FN2S/c1-3-4-5-6-16-12-7-9(2)10(14)8-11(12)15-13(16)17/h3-4,7-8H,5-6H2,1-2H3,(H,15,17)/b4-3+. The number of benzene rings is 1. The maximum absolute atomic E-state index is 13.4. The molecule has 0 bridgehead atoms. The molecule has 1 heterocycles. The third kappa shape index (κ3) is 2.31. The lowest BCUT2D eigenvalue weighted by Gasteiger charge is -2.03. The molecule has 0 amide bonds. The van der Waals surface area contributed by atoms with Gasteiger partial charge in [0.1, 0.15) is 5.82 Å². The minimum absolute atomic E-state index is 0.200. The smallest absolute Gasteiger partial charge is 0.178 e. The first-order valence-electron chi connectivity index (χ1n) is 5.63. The number of allylic oxidation sites excluding steroid dienone is 2. The van der Waals surface area contributed by atoms with Crippen molar-refractivity contribution in [1.29, 1.82) is 0 Å². The molecule has 17 heavy (non-hydrogen) atoms. The highest BCUT2D eigenvalue weighted by atomic mass is 32.1. The van der Waals surface area contributed by atoms with E-state index in [1.165, 1.54) is 6.07 Å². The van der Waals surface area contributed by atoms with Crippen LogP contribution in [0.1, 0.15) is 18.9 Å². The van der Waals surface area contributed by atoms with Gasteiger partial charge in [-0.15, -0.1) is 0 Å². The largest absolute Gasteiger partial charge is 0.330 e. The third-order valence-electron chi connectivity index (χ3n) is 2.81. The molecule has 1 N–H and O–H groups in total. The lowest BCUT2D eigenvalue weighted by atomic mass is 10.2. The molecule has 2 nitrogen and oxygen atoms in total. The van der Waals surface area contributed by atoms with Gasteiger partial charge in [-0.05, 0) is 50.2 Å². The maximum atomic E-state index is 13.4. The van der Waals surface area contributed by atoms with E-state index in [-0.39, 0.29) is 5.82 Å². The van der Waals surface area contributed by atoms with Gasteiger partial charge in [0.25, 0.3) is 0 Å². The van der Waals surface area contributed by atoms with Gasteiger partial charge < -0.3 is 9.55 Å². The first-order chi connectivity index (χ1) is 8.13. The Bertz CT molecular complexity index is 622. The van der Waals surface area contributed by atoms with Crippen molar-refractivity contribution in [1.82, 2.24) is 9.55 Å². The molecular formula is C13H15FN2S. The Hall–Kier alpha value is -1.42. The fourth-order valence-electron chi connectivity index (χ4n) is 1.87. The zero-order valence-corrected chi connectivity index (χ0v) is 10.8. The summed E-state index contributed by atoms with van der Waals surface area (Å²) in [5, 5.41) is 0. The fourth-order valence-corrected chi connectivity index (χ4v) is 2.17. The Balaban J connectivity index is 2.51. The molecule has 2 aromatic rings. The molecule has 90 valence electrons. The first kappa shape index (κ1) is 12.0. The highest BCUT2D eigenvalue weighted by Crippen LogP contribution is 2.19. The van der Waals surface area contributed by atoms with Crippen molar-refractivity contribution in [3.8, 4) is 0 Å². The lowest BCUT2D eigenvalue weighted by molar-refractivity contribution is 0.620. The van der Waals surface area contributed by atoms with Crippen molar-refractivity contribution >= 4 is 23.3 Å². The number of nitrogens with zero attached hydrogens (tertiary/aromatic N) is 1. The lowest BCUT2D eigenvalue weighted by Crippen LogP contribution is -1.97. The van der Waals surface area contributed by atoms with E-state index in [1.54, 1.807) is 6.92 Å². The van der Waals surface area contributed by atoms with Crippen molar-refractivity contribution in [2.45, 2.75) is 26.8 Å². The summed E-state index contributed by atoms with van der Waals surface area (Å²) in [5.74, 6) is -0.200. The summed E-state index contributed by atoms with van der Waals surface area (Å²) in [6.07, 6.45) is 5.04. The zero-order chi connectivity index (χ0) is 12.4. The summed E-state index contributed by atoms with van der Waals surface area (Å²) in [6, 6.07) is 3.35. The van der Waals surface area contributed by atoms with Crippen LogP contribution in [-0.4, -0.2) is 9.55 Å². The summed E-state index contributed by atoms with van der Waals surface area (Å²) in [4.78, 5) is 3.04. The number of aromatic nitrogens is 2. The highest BCUT2D eigenvalue weighted by molar-refractivity contribution is 7.71. The number of nitrogens with one attached hydrogen (secondary N) is 1. The molecule has 0 unspecified atom stereocenters. The maximum Gasteiger partial charge on any atom is 0.178 e. The van der Waals surface area contributed by atoms with Gasteiger partial charge in [-0.25, -0.2) is 4.39 Å². The highest BCUT2D eigenvalue weighted by Gasteiger charge is 2.07. The molecule has 4 heteroatoms. The van der Waals surface area contributed by atoms with Crippen molar-refractivity contribution in [3.63, 3.8) is 0 Å². The van der Waals surface area contributed by atoms with Crippen molar-refractivity contribution < 1.29 is 4.39 Å². The summed E-state index contributed by atoms with van der Waals surface area (Å²) in [7, 11) is 0. The second-order valence-electron chi connectivity index (χ2n) is 4.06. The Labute approximate surface area is 105 Å². The zero-order valence-electron chi connectivity index (χ0n) is 9.96. The van der Waals surface area contributed by atoms with Gasteiger partial charge in [0.05, 0.1) is 11.0 Å². The van der Waals surface area contributed by atoms with E-state index < -0.39 is 0 Å². The van der Waals surface area contributed by atoms with E-state index in [0.717, 1.165) is 24.0 Å². The SMILES string of the molecule is C/C=C/CCn1c(=S)[nH]c2cc(F)c(C)cc21. The molecule has 2 rings (SSSR count). The Morgan fingerprint density at radius 3 is 2.94 bits per heavy atom. The second kappa shape index (κ2) is 4.84. The molecule has 0 aliphatic heterocycles. The molecule has 1 aromatic carbocycles. The molecule has 1 aromatic heterocycles. The average Bonchev–Trinajstić information content (AvgIpc) is 2.57. The summed E-state index contributed by atoms with van der Waals surface area (Å²) in [5.41, 5.74) is 2.38. The van der Waals surface area contributed by atoms with Gasteiger partial charge in [0.15, 0.2) is 4.77 Å². The number of aryl methyl sites for hydroxylation is 2. The number of fused-ring (bicyclic) bond motifs is 1. The van der Waals surface area contributed by atoms with Crippen LogP contribution in [0, 0.1) is 17.5 Å². The van der Waals surface area contributed by atoms with Crippen LogP contribution in [0.5, 0.6) is 0 Å². The molecule has 0 atom stereocenters. The predicted octanol–water partition coefficient (Wildman–Crippen LogP) is 4.11. The van der Waals surface area contributed by atoms with Gasteiger partial charge >= 0.3 is 0 Å². The second-order valence-corrected chi connectivity index (χ2v) is 4.44.